The standard InChI is InChI=1S/C43H50O4/c1-5-9-11-30(7-3)27-43(28-31(8-4)12-10-6-2)40-25-35(32-13-15-34(16-14-32)42(45)46)19-23-38(40)39-24-20-36(26-41(39)43)33-17-21-37(22-18-33)47-29-44/h13-26,29-31H,5-12,27-28H2,1-4H3,(H,45,46). The predicted octanol–water partition coefficient (Wildman–Crippen LogP) is 11.7. The van der Waals surface area contributed by atoms with E-state index in [0.29, 0.717) is 29.6 Å². The van der Waals surface area contributed by atoms with Crippen molar-refractivity contribution in [3.05, 3.63) is 102 Å². The van der Waals surface area contributed by atoms with Gasteiger partial charge < -0.3 is 9.84 Å². The van der Waals surface area contributed by atoms with Gasteiger partial charge in [-0.25, -0.2) is 4.79 Å². The van der Waals surface area contributed by atoms with Gasteiger partial charge in [0.15, 0.2) is 0 Å². The third kappa shape index (κ3) is 7.38. The molecule has 1 aliphatic rings. The van der Waals surface area contributed by atoms with E-state index in [1.54, 1.807) is 12.1 Å². The van der Waals surface area contributed by atoms with Crippen LogP contribution in [0.1, 0.15) is 113 Å². The van der Waals surface area contributed by atoms with Crippen LogP contribution in [0.2, 0.25) is 0 Å². The van der Waals surface area contributed by atoms with E-state index in [-0.39, 0.29) is 5.41 Å². The lowest BCUT2D eigenvalue weighted by atomic mass is 9.64. The molecule has 0 heterocycles. The van der Waals surface area contributed by atoms with Gasteiger partial charge in [-0.1, -0.05) is 128 Å². The molecule has 0 saturated carbocycles. The smallest absolute Gasteiger partial charge is 0.335 e. The summed E-state index contributed by atoms with van der Waals surface area (Å²) in [4.78, 5) is 22.5. The molecule has 0 fully saturated rings. The summed E-state index contributed by atoms with van der Waals surface area (Å²) in [5.41, 5.74) is 10.1. The molecule has 4 aromatic rings. The molecular formula is C43H50O4. The topological polar surface area (TPSA) is 63.6 Å². The van der Waals surface area contributed by atoms with E-state index in [2.05, 4.69) is 64.1 Å². The minimum atomic E-state index is -0.906. The molecule has 4 aromatic carbocycles. The van der Waals surface area contributed by atoms with Crippen LogP contribution in [0.4, 0.5) is 0 Å². The lowest BCUT2D eigenvalue weighted by molar-refractivity contribution is -0.120. The highest BCUT2D eigenvalue weighted by atomic mass is 16.5. The Balaban J connectivity index is 1.71. The zero-order valence-corrected chi connectivity index (χ0v) is 28.6. The second kappa shape index (κ2) is 15.6. The predicted molar refractivity (Wildman–Crippen MR) is 193 cm³/mol. The summed E-state index contributed by atoms with van der Waals surface area (Å²) in [5.74, 6) is 0.856. The van der Waals surface area contributed by atoms with E-state index >= 15 is 0 Å². The third-order valence-corrected chi connectivity index (χ3v) is 10.6. The Hall–Kier alpha value is -4.18. The molecule has 1 N–H and O–H groups in total. The molecule has 246 valence electrons. The first-order valence-corrected chi connectivity index (χ1v) is 17.7. The number of fused-ring (bicyclic) bond motifs is 3. The van der Waals surface area contributed by atoms with Gasteiger partial charge in [-0.15, -0.1) is 0 Å². The van der Waals surface area contributed by atoms with Crippen molar-refractivity contribution >= 4 is 12.4 Å². The highest BCUT2D eigenvalue weighted by molar-refractivity contribution is 5.89. The Morgan fingerprint density at radius 2 is 1.13 bits per heavy atom. The second-order valence-electron chi connectivity index (χ2n) is 13.5. The van der Waals surface area contributed by atoms with Crippen LogP contribution in [0.3, 0.4) is 0 Å². The van der Waals surface area contributed by atoms with E-state index in [4.69, 9.17) is 4.74 Å². The summed E-state index contributed by atoms with van der Waals surface area (Å²) in [6.07, 6.45) is 11.9. The summed E-state index contributed by atoms with van der Waals surface area (Å²) >= 11 is 0. The quantitative estimate of drug-likeness (QED) is 0.118. The molecule has 0 amide bonds. The van der Waals surface area contributed by atoms with Crippen LogP contribution in [-0.4, -0.2) is 17.5 Å². The minimum Gasteiger partial charge on any atom is -0.478 e. The average molecular weight is 631 g/mol. The van der Waals surface area contributed by atoms with Gasteiger partial charge in [-0.3, -0.25) is 4.79 Å². The summed E-state index contributed by atoms with van der Waals surface area (Å²) in [6, 6.07) is 29.0. The number of carbonyl (C=O) groups excluding carboxylic acids is 1. The van der Waals surface area contributed by atoms with Crippen molar-refractivity contribution in [1.29, 1.82) is 0 Å². The molecule has 0 bridgehead atoms. The summed E-state index contributed by atoms with van der Waals surface area (Å²) in [6.45, 7) is 9.77. The van der Waals surface area contributed by atoms with Gasteiger partial charge in [0, 0.05) is 5.41 Å². The molecule has 4 heteroatoms. The zero-order chi connectivity index (χ0) is 33.4. The first kappa shape index (κ1) is 34.2. The Morgan fingerprint density at radius 1 is 0.681 bits per heavy atom. The van der Waals surface area contributed by atoms with Crippen LogP contribution in [-0.2, 0) is 10.2 Å². The van der Waals surface area contributed by atoms with Gasteiger partial charge >= 0.3 is 5.97 Å². The number of hydrogen-bond acceptors (Lipinski definition) is 3. The molecule has 0 radical (unpaired) electrons. The van der Waals surface area contributed by atoms with Crippen LogP contribution in [0.25, 0.3) is 33.4 Å². The van der Waals surface area contributed by atoms with Crippen molar-refractivity contribution in [2.24, 2.45) is 11.8 Å². The Bertz CT molecular complexity index is 1630. The van der Waals surface area contributed by atoms with E-state index in [9.17, 15) is 14.7 Å². The summed E-state index contributed by atoms with van der Waals surface area (Å²) < 4.78 is 5.08. The summed E-state index contributed by atoms with van der Waals surface area (Å²) in [5, 5.41) is 9.50. The van der Waals surface area contributed by atoms with Gasteiger partial charge in [0.2, 0.25) is 0 Å². The highest BCUT2D eigenvalue weighted by Crippen LogP contribution is 2.57. The molecule has 1 aliphatic carbocycles. The molecule has 0 aromatic heterocycles. The lowest BCUT2D eigenvalue weighted by Crippen LogP contribution is -2.31. The van der Waals surface area contributed by atoms with Gasteiger partial charge in [0.25, 0.3) is 6.47 Å². The fraction of sp³-hybridized carbons (Fsp3) is 0.395. The number of carboxylic acid groups (broad SMARTS) is 1. The first-order valence-electron chi connectivity index (χ1n) is 17.7. The van der Waals surface area contributed by atoms with Crippen molar-refractivity contribution in [2.75, 3.05) is 0 Å². The minimum absolute atomic E-state index is 0.138. The number of carbonyl (C=O) groups is 2. The van der Waals surface area contributed by atoms with Crippen LogP contribution in [0.15, 0.2) is 84.9 Å². The van der Waals surface area contributed by atoms with Gasteiger partial charge in [0.05, 0.1) is 5.56 Å². The first-order chi connectivity index (χ1) is 22.9. The maximum Gasteiger partial charge on any atom is 0.335 e. The number of aromatic carboxylic acids is 1. The van der Waals surface area contributed by atoms with Gasteiger partial charge in [-0.05, 0) is 106 Å². The number of hydrogen-bond donors (Lipinski definition) is 1. The van der Waals surface area contributed by atoms with Crippen LogP contribution < -0.4 is 4.74 Å². The van der Waals surface area contributed by atoms with Gasteiger partial charge in [-0.2, -0.15) is 0 Å². The van der Waals surface area contributed by atoms with Crippen molar-refractivity contribution in [2.45, 2.75) is 97.3 Å². The molecule has 5 rings (SSSR count). The fourth-order valence-corrected chi connectivity index (χ4v) is 7.84. The van der Waals surface area contributed by atoms with Crippen molar-refractivity contribution < 1.29 is 19.4 Å². The molecule has 0 spiro atoms. The van der Waals surface area contributed by atoms with Crippen molar-refractivity contribution in [1.82, 2.24) is 0 Å². The molecular weight excluding hydrogens is 580 g/mol. The summed E-state index contributed by atoms with van der Waals surface area (Å²) in [7, 11) is 0. The number of carboxylic acids is 1. The molecule has 2 atom stereocenters. The Kier molecular flexibility index (Phi) is 11.3. The van der Waals surface area contributed by atoms with Gasteiger partial charge in [0.1, 0.15) is 5.75 Å². The molecule has 0 aliphatic heterocycles. The van der Waals surface area contributed by atoms with Crippen LogP contribution >= 0.6 is 0 Å². The van der Waals surface area contributed by atoms with E-state index in [1.807, 2.05) is 36.4 Å². The lowest BCUT2D eigenvalue weighted by Gasteiger charge is -2.39. The SMILES string of the molecule is CCCCC(CC)CC1(CC(CC)CCCC)c2cc(-c3ccc(OC=O)cc3)ccc2-c2ccc(-c3ccc(C(=O)O)cc3)cc21. The van der Waals surface area contributed by atoms with Crippen molar-refractivity contribution in [3.63, 3.8) is 0 Å². The monoisotopic (exact) mass is 630 g/mol. The maximum absolute atomic E-state index is 11.6. The van der Waals surface area contributed by atoms with Crippen LogP contribution in [0, 0.1) is 11.8 Å². The average Bonchev–Trinajstić information content (AvgIpc) is 3.36. The molecule has 4 nitrogen and oxygen atoms in total. The number of benzene rings is 4. The fourth-order valence-electron chi connectivity index (χ4n) is 7.84. The molecule has 2 unspecified atom stereocenters. The molecule has 47 heavy (non-hydrogen) atoms. The van der Waals surface area contributed by atoms with E-state index < -0.39 is 5.97 Å². The largest absolute Gasteiger partial charge is 0.478 e. The normalized spacial score (nSPS) is 16.3. The second-order valence-corrected chi connectivity index (χ2v) is 13.5. The number of unbranched alkanes of at least 4 members (excludes halogenated alkanes) is 2. The Morgan fingerprint density at radius 3 is 1.53 bits per heavy atom. The number of rotatable bonds is 17. The maximum atomic E-state index is 11.6. The molecule has 0 saturated heterocycles. The van der Waals surface area contributed by atoms with E-state index in [1.165, 1.54) is 66.3 Å². The Labute approximate surface area is 281 Å². The third-order valence-electron chi connectivity index (χ3n) is 10.6. The van der Waals surface area contributed by atoms with Crippen LogP contribution in [0.5, 0.6) is 5.75 Å². The zero-order valence-electron chi connectivity index (χ0n) is 28.6. The number of ether oxygens (including phenoxy) is 1. The highest BCUT2D eigenvalue weighted by Gasteiger charge is 2.45. The van der Waals surface area contributed by atoms with Crippen molar-refractivity contribution in [3.8, 4) is 39.1 Å². The van der Waals surface area contributed by atoms with E-state index in [0.717, 1.165) is 42.4 Å².